The Labute approximate surface area is 152 Å². The lowest BCUT2D eigenvalue weighted by molar-refractivity contribution is -0.394. The van der Waals surface area contributed by atoms with Crippen molar-refractivity contribution < 1.29 is 19.7 Å². The summed E-state index contributed by atoms with van der Waals surface area (Å²) < 4.78 is 0. The van der Waals surface area contributed by atoms with Crippen LogP contribution < -0.4 is 10.7 Å². The van der Waals surface area contributed by atoms with E-state index in [2.05, 4.69) is 15.8 Å². The van der Waals surface area contributed by atoms with Gasteiger partial charge >= 0.3 is 5.69 Å². The molecule has 11 nitrogen and oxygen atoms in total. The number of nitrogens with zero attached hydrogens (tertiary/aromatic N) is 3. The number of non-ortho nitro benzene ring substituents is 1. The number of hydrogen-bond acceptors (Lipinski definition) is 8. The maximum Gasteiger partial charge on any atom is 0.318 e. The smallest absolute Gasteiger partial charge is 0.318 e. The van der Waals surface area contributed by atoms with Crippen LogP contribution >= 0.6 is 0 Å². The molecule has 0 saturated carbocycles. The molecule has 0 fully saturated rings. The summed E-state index contributed by atoms with van der Waals surface area (Å²) >= 11 is 0. The van der Waals surface area contributed by atoms with E-state index in [9.17, 15) is 30.1 Å². The van der Waals surface area contributed by atoms with Gasteiger partial charge in [0.15, 0.2) is 0 Å². The van der Waals surface area contributed by atoms with Crippen LogP contribution in [0.15, 0.2) is 41.5 Å². The van der Waals surface area contributed by atoms with Crippen molar-refractivity contribution in [2.45, 2.75) is 6.92 Å². The van der Waals surface area contributed by atoms with E-state index < -0.39 is 32.9 Å². The van der Waals surface area contributed by atoms with Gasteiger partial charge in [-0.3, -0.25) is 25.0 Å². The molecule has 0 aliphatic rings. The molecule has 0 radical (unpaired) electrons. The lowest BCUT2D eigenvalue weighted by Crippen LogP contribution is -2.25. The first kappa shape index (κ1) is 19.3. The van der Waals surface area contributed by atoms with Crippen LogP contribution in [0.2, 0.25) is 0 Å². The molecule has 2 aromatic rings. The highest BCUT2D eigenvalue weighted by Crippen LogP contribution is 2.33. The summed E-state index contributed by atoms with van der Waals surface area (Å²) in [5.74, 6) is -1.31. The van der Waals surface area contributed by atoms with Crippen molar-refractivity contribution in [3.63, 3.8) is 0 Å². The fraction of sp³-hybridized carbons (Fsp3) is 0.125. The molecule has 0 atom stereocenters. The normalized spacial score (nSPS) is 10.6. The average Bonchev–Trinajstić information content (AvgIpc) is 2.61. The number of hydrogen-bond donors (Lipinski definition) is 3. The Morgan fingerprint density at radius 1 is 1.22 bits per heavy atom. The quantitative estimate of drug-likeness (QED) is 0.380. The second-order valence-corrected chi connectivity index (χ2v) is 5.43. The van der Waals surface area contributed by atoms with Crippen molar-refractivity contribution in [1.82, 2.24) is 5.43 Å². The highest BCUT2D eigenvalue weighted by molar-refractivity contribution is 5.88. The largest absolute Gasteiger partial charge is 0.502 e. The topological polar surface area (TPSA) is 160 Å². The average molecular weight is 373 g/mol. The van der Waals surface area contributed by atoms with Crippen molar-refractivity contribution in [2.24, 2.45) is 5.10 Å². The molecule has 2 rings (SSSR count). The van der Waals surface area contributed by atoms with Gasteiger partial charge in [0.25, 0.3) is 11.6 Å². The molecule has 0 bridgehead atoms. The van der Waals surface area contributed by atoms with Crippen LogP contribution in [-0.2, 0) is 4.79 Å². The monoisotopic (exact) mass is 373 g/mol. The Bertz CT molecular complexity index is 928. The predicted octanol–water partition coefficient (Wildman–Crippen LogP) is 2.08. The molecule has 140 valence electrons. The number of aryl methyl sites for hydroxylation is 1. The van der Waals surface area contributed by atoms with E-state index in [1.807, 2.05) is 25.1 Å². The number of aromatic hydroxyl groups is 1. The summed E-state index contributed by atoms with van der Waals surface area (Å²) in [4.78, 5) is 31.7. The van der Waals surface area contributed by atoms with E-state index in [4.69, 9.17) is 0 Å². The fourth-order valence-electron chi connectivity index (χ4n) is 2.12. The summed E-state index contributed by atoms with van der Waals surface area (Å²) in [6.45, 7) is 1.81. The zero-order valence-electron chi connectivity index (χ0n) is 14.1. The van der Waals surface area contributed by atoms with Gasteiger partial charge in [-0.25, -0.2) is 5.43 Å². The number of rotatable bonds is 7. The molecule has 2 aromatic carbocycles. The first-order valence-corrected chi connectivity index (χ1v) is 7.56. The first-order chi connectivity index (χ1) is 12.8. The molecule has 3 N–H and O–H groups in total. The third-order valence-electron chi connectivity index (χ3n) is 3.38. The maximum absolute atomic E-state index is 11.8. The van der Waals surface area contributed by atoms with Crippen LogP contribution in [0.3, 0.4) is 0 Å². The van der Waals surface area contributed by atoms with Crippen LogP contribution in [0, 0.1) is 27.2 Å². The van der Waals surface area contributed by atoms with Gasteiger partial charge in [-0.05, 0) is 24.6 Å². The predicted molar refractivity (Wildman–Crippen MR) is 96.8 cm³/mol. The van der Waals surface area contributed by atoms with Gasteiger partial charge in [0.1, 0.15) is 0 Å². The molecule has 11 heteroatoms. The zero-order valence-corrected chi connectivity index (χ0v) is 14.1. The minimum absolute atomic E-state index is 0.0954. The van der Waals surface area contributed by atoms with Crippen molar-refractivity contribution >= 4 is 29.2 Å². The Balaban J connectivity index is 2.05. The molecule has 0 saturated heterocycles. The highest BCUT2D eigenvalue weighted by atomic mass is 16.6. The molecule has 1 amide bonds. The van der Waals surface area contributed by atoms with Crippen LogP contribution in [0.5, 0.6) is 5.75 Å². The SMILES string of the molecule is Cc1cccc(NCC(=O)N/N=C\c2cc([N+](=O)[O-])cc([N+](=O)[O-])c2O)c1. The molecule has 0 unspecified atom stereocenters. The van der Waals surface area contributed by atoms with Gasteiger partial charge in [-0.1, -0.05) is 12.1 Å². The van der Waals surface area contributed by atoms with Gasteiger partial charge in [0.05, 0.1) is 34.2 Å². The molecule has 0 heterocycles. The van der Waals surface area contributed by atoms with Crippen LogP contribution in [0.25, 0.3) is 0 Å². The van der Waals surface area contributed by atoms with E-state index in [1.165, 1.54) is 0 Å². The summed E-state index contributed by atoms with van der Waals surface area (Å²) in [5.41, 5.74) is 2.21. The number of amides is 1. The summed E-state index contributed by atoms with van der Waals surface area (Å²) in [5, 5.41) is 38.0. The third kappa shape index (κ3) is 5.22. The van der Waals surface area contributed by atoms with Gasteiger partial charge in [0, 0.05) is 11.8 Å². The Morgan fingerprint density at radius 2 is 1.96 bits per heavy atom. The number of carbonyl (C=O) groups is 1. The Hall–Kier alpha value is -4.02. The molecular formula is C16H15N5O6. The van der Waals surface area contributed by atoms with E-state index in [-0.39, 0.29) is 12.1 Å². The summed E-state index contributed by atoms with van der Waals surface area (Å²) in [6.07, 6.45) is 0.889. The number of nitro groups is 2. The Kier molecular flexibility index (Phi) is 5.99. The van der Waals surface area contributed by atoms with Crippen molar-refractivity contribution in [2.75, 3.05) is 11.9 Å². The minimum atomic E-state index is -0.954. The molecule has 0 aliphatic heterocycles. The van der Waals surface area contributed by atoms with Crippen molar-refractivity contribution in [1.29, 1.82) is 0 Å². The van der Waals surface area contributed by atoms with Gasteiger partial charge in [-0.2, -0.15) is 5.10 Å². The van der Waals surface area contributed by atoms with E-state index in [0.717, 1.165) is 23.5 Å². The fourth-order valence-corrected chi connectivity index (χ4v) is 2.12. The number of nitro benzene ring substituents is 2. The van der Waals surface area contributed by atoms with Gasteiger partial charge in [-0.15, -0.1) is 0 Å². The number of phenolic OH excluding ortho intramolecular Hbond substituents is 1. The van der Waals surface area contributed by atoms with Crippen molar-refractivity contribution in [3.05, 3.63) is 67.8 Å². The summed E-state index contributed by atoms with van der Waals surface area (Å²) in [6, 6.07) is 8.90. The zero-order chi connectivity index (χ0) is 20.0. The molecule has 0 aliphatic carbocycles. The second-order valence-electron chi connectivity index (χ2n) is 5.43. The lowest BCUT2D eigenvalue weighted by atomic mass is 10.1. The second kappa shape index (κ2) is 8.38. The number of anilines is 1. The molecule has 27 heavy (non-hydrogen) atoms. The number of benzene rings is 2. The third-order valence-corrected chi connectivity index (χ3v) is 3.38. The highest BCUT2D eigenvalue weighted by Gasteiger charge is 2.23. The number of carbonyl (C=O) groups excluding carboxylic acids is 1. The van der Waals surface area contributed by atoms with E-state index in [0.29, 0.717) is 6.07 Å². The Morgan fingerprint density at radius 3 is 2.59 bits per heavy atom. The molecule has 0 spiro atoms. The van der Waals surface area contributed by atoms with Gasteiger partial charge in [0.2, 0.25) is 5.75 Å². The molecular weight excluding hydrogens is 358 g/mol. The standard InChI is InChI=1S/C16H15N5O6/c1-10-3-2-4-12(5-10)17-9-15(22)19-18-8-11-6-13(20(24)25)7-14(16(11)23)21(26)27/h2-8,17,23H,9H2,1H3,(H,19,22)/b18-8-. The van der Waals surface area contributed by atoms with E-state index in [1.54, 1.807) is 6.07 Å². The van der Waals surface area contributed by atoms with Crippen LogP contribution in [-0.4, -0.2) is 33.6 Å². The van der Waals surface area contributed by atoms with Crippen molar-refractivity contribution in [3.8, 4) is 5.75 Å². The number of nitrogens with one attached hydrogen (secondary N) is 2. The van der Waals surface area contributed by atoms with Crippen LogP contribution in [0.4, 0.5) is 17.1 Å². The lowest BCUT2D eigenvalue weighted by Gasteiger charge is -2.06. The molecule has 0 aromatic heterocycles. The van der Waals surface area contributed by atoms with E-state index >= 15 is 0 Å². The number of hydrazone groups is 1. The number of phenols is 1. The summed E-state index contributed by atoms with van der Waals surface area (Å²) in [7, 11) is 0. The first-order valence-electron chi connectivity index (χ1n) is 7.56. The maximum atomic E-state index is 11.8. The van der Waals surface area contributed by atoms with Crippen LogP contribution in [0.1, 0.15) is 11.1 Å². The minimum Gasteiger partial charge on any atom is -0.502 e. The van der Waals surface area contributed by atoms with Gasteiger partial charge < -0.3 is 10.4 Å².